The molecule has 1 heterocycles. The quantitative estimate of drug-likeness (QED) is 0.468. The lowest BCUT2D eigenvalue weighted by molar-refractivity contribution is 0.0982. The Bertz CT molecular complexity index is 926. The third kappa shape index (κ3) is 5.07. The molecule has 1 aromatic heterocycles. The van der Waals surface area contributed by atoms with Crippen LogP contribution in [-0.4, -0.2) is 34.9 Å². The molecule has 0 atom stereocenters. The number of aryl methyl sites for hydroxylation is 2. The number of carbonyl (C=O) groups is 1. The van der Waals surface area contributed by atoms with Crippen molar-refractivity contribution in [1.29, 1.82) is 0 Å². The number of ketones is 1. The maximum Gasteiger partial charge on any atom is 0.163 e. The van der Waals surface area contributed by atoms with Crippen LogP contribution in [0, 0.1) is 0 Å². The highest BCUT2D eigenvalue weighted by Gasteiger charge is 2.08. The van der Waals surface area contributed by atoms with Crippen LogP contribution in [0.5, 0.6) is 0 Å². The smallest absolute Gasteiger partial charge is 0.163 e. The zero-order valence-corrected chi connectivity index (χ0v) is 15.7. The Hall–Kier alpha value is -3.35. The number of rotatable bonds is 7. The van der Waals surface area contributed by atoms with Crippen molar-refractivity contribution in [2.24, 2.45) is 17.3 Å². The molecule has 3 rings (SSSR count). The molecule has 0 unspecified atom stereocenters. The van der Waals surface area contributed by atoms with Crippen LogP contribution in [-0.2, 0) is 13.5 Å². The Morgan fingerprint density at radius 1 is 1.00 bits per heavy atom. The van der Waals surface area contributed by atoms with Crippen molar-refractivity contribution in [3.8, 4) is 0 Å². The minimum Gasteiger partial charge on any atom is -0.378 e. The molecule has 0 N–H and O–H groups in total. The molecule has 0 aliphatic heterocycles. The lowest BCUT2D eigenvalue weighted by Gasteiger charge is -2.11. The monoisotopic (exact) mass is 362 g/mol. The van der Waals surface area contributed by atoms with Crippen molar-refractivity contribution < 1.29 is 4.79 Å². The fourth-order valence-electron chi connectivity index (χ4n) is 2.54. The van der Waals surface area contributed by atoms with E-state index < -0.39 is 0 Å². The number of carbonyl (C=O) groups excluding carboxylic acids is 1. The van der Waals surface area contributed by atoms with Gasteiger partial charge in [-0.1, -0.05) is 5.21 Å². The van der Waals surface area contributed by atoms with Gasteiger partial charge in [-0.2, -0.15) is 10.2 Å². The van der Waals surface area contributed by atoms with Gasteiger partial charge in [0.05, 0.1) is 17.1 Å². The van der Waals surface area contributed by atoms with E-state index in [4.69, 9.17) is 0 Å². The number of benzene rings is 2. The second kappa shape index (κ2) is 8.35. The Kier molecular flexibility index (Phi) is 5.71. The van der Waals surface area contributed by atoms with E-state index in [1.54, 1.807) is 28.9 Å². The molecule has 0 radical (unpaired) electrons. The average Bonchev–Trinajstić information content (AvgIpc) is 3.10. The SMILES string of the molecule is CN(C)c1ccc(N=Nc2ccc(C(=O)CCc3cn(C)nn3)cc2)cc1. The van der Waals surface area contributed by atoms with Gasteiger partial charge in [-0.3, -0.25) is 9.48 Å². The van der Waals surface area contributed by atoms with E-state index in [1.807, 2.05) is 56.5 Å². The fourth-order valence-corrected chi connectivity index (χ4v) is 2.54. The van der Waals surface area contributed by atoms with Gasteiger partial charge in [0.25, 0.3) is 0 Å². The van der Waals surface area contributed by atoms with Gasteiger partial charge >= 0.3 is 0 Å². The summed E-state index contributed by atoms with van der Waals surface area (Å²) in [5, 5.41) is 16.3. The summed E-state index contributed by atoms with van der Waals surface area (Å²) in [5.41, 5.74) is 4.07. The Balaban J connectivity index is 1.58. The molecular weight excluding hydrogens is 340 g/mol. The Labute approximate surface area is 158 Å². The van der Waals surface area contributed by atoms with Crippen molar-refractivity contribution in [3.05, 3.63) is 66.0 Å². The molecule has 0 aliphatic carbocycles. The van der Waals surface area contributed by atoms with Crippen molar-refractivity contribution >= 4 is 22.8 Å². The highest BCUT2D eigenvalue weighted by molar-refractivity contribution is 5.96. The number of nitrogens with zero attached hydrogens (tertiary/aromatic N) is 6. The maximum absolute atomic E-state index is 12.3. The molecule has 0 bridgehead atoms. The van der Waals surface area contributed by atoms with E-state index in [0.29, 0.717) is 24.1 Å². The van der Waals surface area contributed by atoms with E-state index in [9.17, 15) is 4.79 Å². The summed E-state index contributed by atoms with van der Waals surface area (Å²) < 4.78 is 1.63. The first-order chi connectivity index (χ1) is 13.0. The van der Waals surface area contributed by atoms with Crippen molar-refractivity contribution in [3.63, 3.8) is 0 Å². The van der Waals surface area contributed by atoms with Crippen LogP contribution in [0.1, 0.15) is 22.5 Å². The summed E-state index contributed by atoms with van der Waals surface area (Å²) in [5.74, 6) is 0.0726. The molecule has 2 aromatic carbocycles. The predicted molar refractivity (Wildman–Crippen MR) is 105 cm³/mol. The number of hydrogen-bond acceptors (Lipinski definition) is 6. The van der Waals surface area contributed by atoms with E-state index in [0.717, 1.165) is 17.1 Å². The van der Waals surface area contributed by atoms with Gasteiger partial charge < -0.3 is 4.90 Å². The number of hydrogen-bond donors (Lipinski definition) is 0. The molecule has 3 aromatic rings. The highest BCUT2D eigenvalue weighted by atomic mass is 16.1. The summed E-state index contributed by atoms with van der Waals surface area (Å²) in [6, 6.07) is 15.0. The topological polar surface area (TPSA) is 75.7 Å². The molecular formula is C20H22N6O. The maximum atomic E-state index is 12.3. The summed E-state index contributed by atoms with van der Waals surface area (Å²) in [7, 11) is 5.79. The van der Waals surface area contributed by atoms with Crippen molar-refractivity contribution in [1.82, 2.24) is 15.0 Å². The molecule has 7 heteroatoms. The minimum absolute atomic E-state index is 0.0726. The molecule has 0 aliphatic rings. The third-order valence-corrected chi connectivity index (χ3v) is 4.09. The first kappa shape index (κ1) is 18.4. The van der Waals surface area contributed by atoms with Gasteiger partial charge in [0.2, 0.25) is 0 Å². The molecule has 7 nitrogen and oxygen atoms in total. The van der Waals surface area contributed by atoms with Gasteiger partial charge in [-0.25, -0.2) is 0 Å². The lowest BCUT2D eigenvalue weighted by atomic mass is 10.1. The van der Waals surface area contributed by atoms with E-state index in [1.165, 1.54) is 0 Å². The van der Waals surface area contributed by atoms with E-state index in [-0.39, 0.29) is 5.78 Å². The predicted octanol–water partition coefficient (Wildman–Crippen LogP) is 4.11. The largest absolute Gasteiger partial charge is 0.378 e. The first-order valence-electron chi connectivity index (χ1n) is 8.69. The molecule has 0 amide bonds. The number of Topliss-reactive ketones (excluding diaryl/α,β-unsaturated/α-hetero) is 1. The van der Waals surface area contributed by atoms with Crippen LogP contribution < -0.4 is 4.90 Å². The minimum atomic E-state index is 0.0726. The number of aromatic nitrogens is 3. The van der Waals surface area contributed by atoms with Crippen LogP contribution in [0.2, 0.25) is 0 Å². The lowest BCUT2D eigenvalue weighted by Crippen LogP contribution is -2.07. The zero-order chi connectivity index (χ0) is 19.2. The molecule has 0 saturated carbocycles. The summed E-state index contributed by atoms with van der Waals surface area (Å²) >= 11 is 0. The van der Waals surface area contributed by atoms with Crippen LogP contribution in [0.15, 0.2) is 65.0 Å². The second-order valence-electron chi connectivity index (χ2n) is 6.46. The van der Waals surface area contributed by atoms with Crippen LogP contribution >= 0.6 is 0 Å². The van der Waals surface area contributed by atoms with Gasteiger partial charge in [-0.15, -0.1) is 5.10 Å². The molecule has 0 spiro atoms. The molecule has 138 valence electrons. The molecule has 27 heavy (non-hydrogen) atoms. The van der Waals surface area contributed by atoms with E-state index in [2.05, 4.69) is 20.5 Å². The zero-order valence-electron chi connectivity index (χ0n) is 15.7. The van der Waals surface area contributed by atoms with E-state index >= 15 is 0 Å². The highest BCUT2D eigenvalue weighted by Crippen LogP contribution is 2.22. The van der Waals surface area contributed by atoms with Gasteiger partial charge in [0, 0.05) is 51.4 Å². The van der Waals surface area contributed by atoms with Gasteiger partial charge in [-0.05, 0) is 48.5 Å². The van der Waals surface area contributed by atoms with Crippen molar-refractivity contribution in [2.75, 3.05) is 19.0 Å². The summed E-state index contributed by atoms with van der Waals surface area (Å²) in [6.45, 7) is 0. The first-order valence-corrected chi connectivity index (χ1v) is 8.69. The third-order valence-electron chi connectivity index (χ3n) is 4.09. The second-order valence-corrected chi connectivity index (χ2v) is 6.46. The van der Waals surface area contributed by atoms with Crippen LogP contribution in [0.3, 0.4) is 0 Å². The molecule has 0 saturated heterocycles. The summed E-state index contributed by atoms with van der Waals surface area (Å²) in [4.78, 5) is 14.3. The van der Waals surface area contributed by atoms with Crippen molar-refractivity contribution in [2.45, 2.75) is 12.8 Å². The Morgan fingerprint density at radius 2 is 1.59 bits per heavy atom. The molecule has 0 fully saturated rings. The van der Waals surface area contributed by atoms with Crippen LogP contribution in [0.4, 0.5) is 17.1 Å². The number of azo groups is 1. The fraction of sp³-hybridized carbons (Fsp3) is 0.250. The number of anilines is 1. The Morgan fingerprint density at radius 3 is 2.11 bits per heavy atom. The average molecular weight is 362 g/mol. The summed E-state index contributed by atoms with van der Waals surface area (Å²) in [6.07, 6.45) is 2.80. The van der Waals surface area contributed by atoms with Gasteiger partial charge in [0.15, 0.2) is 5.78 Å². The van der Waals surface area contributed by atoms with Crippen LogP contribution in [0.25, 0.3) is 0 Å². The standard InChI is InChI=1S/C20H22N6O/c1-25(2)19-11-8-17(9-12-19)22-21-16-6-4-15(5-7-16)20(27)13-10-18-14-26(3)24-23-18/h4-9,11-12,14H,10,13H2,1-3H3. The van der Waals surface area contributed by atoms with Gasteiger partial charge in [0.1, 0.15) is 0 Å². The normalized spacial score (nSPS) is 11.1.